The van der Waals surface area contributed by atoms with Gasteiger partial charge >= 0.3 is 5.97 Å². The molecule has 27 heteroatoms. The SMILES string of the molecule is C[C@H](N)C(=O)N[C@@H](CCC(N)=O)C(=O)N[C@@H](CO)C(=O)N[C@@H](Cc1ccc(O)cc1)C(=O)N[C@@H](CO)C(=O)N[C@@H](Cc1cnc[nH]1)C(=O)N1CCC[C@H]1C(=O)N[C@@H](Cc1ccccc1)C(=O)N[C@@H](CO)C(=O)O. The van der Waals surface area contributed by atoms with E-state index in [1.807, 2.05) is 0 Å². The number of carbonyl (C=O) groups excluding carboxylic acids is 9. The molecule has 0 aliphatic carbocycles. The van der Waals surface area contributed by atoms with Crippen LogP contribution in [0, 0.1) is 0 Å². The number of carboxylic acids is 1. The lowest BCUT2D eigenvalue weighted by atomic mass is 10.0. The first-order valence-corrected chi connectivity index (χ1v) is 23.1. The minimum atomic E-state index is -1.81. The molecule has 4 rings (SSSR count). The molecule has 2 aromatic carbocycles. The van der Waals surface area contributed by atoms with E-state index in [2.05, 4.69) is 47.2 Å². The molecule has 3 aromatic rings. The number of likely N-dealkylation sites (tertiary alicyclic amines) is 1. The highest BCUT2D eigenvalue weighted by Gasteiger charge is 2.40. The molecular weight excluding hydrogens is 961 g/mol. The van der Waals surface area contributed by atoms with Gasteiger partial charge in [-0.1, -0.05) is 42.5 Å². The Morgan fingerprint density at radius 3 is 1.67 bits per heavy atom. The van der Waals surface area contributed by atoms with Gasteiger partial charge in [-0.3, -0.25) is 43.2 Å². The minimum absolute atomic E-state index is 0.0110. The minimum Gasteiger partial charge on any atom is -0.508 e. The Hall–Kier alpha value is -8.01. The Balaban J connectivity index is 1.55. The normalized spacial score (nSPS) is 16.4. The summed E-state index contributed by atoms with van der Waals surface area (Å²) in [5.41, 5.74) is 12.1. The van der Waals surface area contributed by atoms with Gasteiger partial charge in [-0.25, -0.2) is 9.78 Å². The first-order valence-electron chi connectivity index (χ1n) is 23.1. The molecule has 0 radical (unpaired) electrons. The number of imidazole rings is 1. The summed E-state index contributed by atoms with van der Waals surface area (Å²) in [6.45, 7) is -1.69. The number of H-pyrrole nitrogens is 1. The molecule has 73 heavy (non-hydrogen) atoms. The molecule has 0 spiro atoms. The Kier molecular flexibility index (Phi) is 22.2. The molecule has 0 bridgehead atoms. The van der Waals surface area contributed by atoms with Gasteiger partial charge in [0.05, 0.1) is 32.2 Å². The van der Waals surface area contributed by atoms with E-state index in [9.17, 15) is 73.5 Å². The van der Waals surface area contributed by atoms with E-state index >= 15 is 0 Å². The fraction of sp³-hybridized carbons (Fsp3) is 0.457. The van der Waals surface area contributed by atoms with Crippen LogP contribution in [0.5, 0.6) is 5.75 Å². The van der Waals surface area contributed by atoms with Crippen LogP contribution < -0.4 is 48.7 Å². The van der Waals surface area contributed by atoms with Crippen molar-refractivity contribution in [2.24, 2.45) is 11.5 Å². The van der Waals surface area contributed by atoms with Gasteiger partial charge in [0.1, 0.15) is 54.1 Å². The standard InChI is InChI=1S/C46H62N12O15/c1-24(47)38(64)51-29(13-14-37(48)63)39(65)55-33(20-59)42(68)52-30(17-26-9-11-28(62)12-10-26)40(66)56-34(21-60)43(69)54-32(18-27-19-49-23-50-27)45(71)58-15-5-8-36(58)44(70)53-31(16-25-6-3-2-4-7-25)41(67)57-35(22-61)46(72)73/h2-4,6-7,9-12,19,23-24,29-36,59-62H,5,8,13-18,20-22,47H2,1H3,(H2,48,63)(H,49,50)(H,51,64)(H,52,68)(H,53,70)(H,54,69)(H,55,65)(H,56,66)(H,57,67)(H,72,73)/t24-,29-,30-,31-,32-,33-,34-,35-,36-/m0/s1. The maximum Gasteiger partial charge on any atom is 0.328 e. The largest absolute Gasteiger partial charge is 0.508 e. The van der Waals surface area contributed by atoms with Crippen LogP contribution in [0.4, 0.5) is 0 Å². The second-order valence-electron chi connectivity index (χ2n) is 17.1. The smallest absolute Gasteiger partial charge is 0.328 e. The van der Waals surface area contributed by atoms with Crippen LogP contribution in [0.2, 0.25) is 0 Å². The molecule has 0 saturated carbocycles. The lowest BCUT2D eigenvalue weighted by Gasteiger charge is -2.31. The molecule has 9 amide bonds. The number of aromatic amines is 1. The maximum absolute atomic E-state index is 14.5. The maximum atomic E-state index is 14.5. The van der Waals surface area contributed by atoms with Crippen molar-refractivity contribution in [3.05, 3.63) is 83.9 Å². The van der Waals surface area contributed by atoms with Gasteiger partial charge in [-0.05, 0) is 49.4 Å². The number of aliphatic carboxylic acids is 1. The lowest BCUT2D eigenvalue weighted by molar-refractivity contribution is -0.144. The van der Waals surface area contributed by atoms with E-state index in [-0.39, 0.29) is 50.8 Å². The van der Waals surface area contributed by atoms with Crippen molar-refractivity contribution in [1.82, 2.24) is 52.1 Å². The molecule has 1 aromatic heterocycles. The summed E-state index contributed by atoms with van der Waals surface area (Å²) in [5.74, 6) is -10.1. The predicted molar refractivity (Wildman–Crippen MR) is 253 cm³/mol. The molecular formula is C46H62N12O15. The second kappa shape index (κ2) is 28.1. The quantitative estimate of drug-likeness (QED) is 0.0322. The number of aromatic nitrogens is 2. The lowest BCUT2D eigenvalue weighted by Crippen LogP contribution is -2.61. The molecule has 9 atom stereocenters. The van der Waals surface area contributed by atoms with E-state index in [0.717, 1.165) is 0 Å². The Labute approximate surface area is 417 Å². The number of hydrogen-bond donors (Lipinski definition) is 15. The average molecular weight is 1020 g/mol. The third kappa shape index (κ3) is 17.7. The van der Waals surface area contributed by atoms with E-state index in [1.165, 1.54) is 48.6 Å². The number of carboxylic acid groups (broad SMARTS) is 1. The van der Waals surface area contributed by atoms with Crippen LogP contribution in [0.3, 0.4) is 0 Å². The van der Waals surface area contributed by atoms with Gasteiger partial charge in [0.2, 0.25) is 53.2 Å². The number of benzene rings is 2. The molecule has 1 fully saturated rings. The number of amides is 9. The summed E-state index contributed by atoms with van der Waals surface area (Å²) >= 11 is 0. The van der Waals surface area contributed by atoms with E-state index in [4.69, 9.17) is 11.5 Å². The van der Waals surface area contributed by atoms with Gasteiger partial charge in [0.15, 0.2) is 0 Å². The van der Waals surface area contributed by atoms with Crippen LogP contribution >= 0.6 is 0 Å². The molecule has 1 aliphatic rings. The van der Waals surface area contributed by atoms with Gasteiger partial charge < -0.3 is 84.1 Å². The van der Waals surface area contributed by atoms with Gasteiger partial charge in [0.25, 0.3) is 0 Å². The monoisotopic (exact) mass is 1020 g/mol. The van der Waals surface area contributed by atoms with E-state index in [1.54, 1.807) is 30.3 Å². The molecule has 1 aliphatic heterocycles. The third-order valence-corrected chi connectivity index (χ3v) is 11.5. The van der Waals surface area contributed by atoms with Crippen molar-refractivity contribution >= 4 is 59.1 Å². The molecule has 2 heterocycles. The van der Waals surface area contributed by atoms with Crippen LogP contribution in [0.1, 0.15) is 49.4 Å². The summed E-state index contributed by atoms with van der Waals surface area (Å²) < 4.78 is 0. The summed E-state index contributed by atoms with van der Waals surface area (Å²) in [6, 6.07) is 0.414. The van der Waals surface area contributed by atoms with Crippen LogP contribution in [0.15, 0.2) is 67.1 Å². The number of nitrogens with two attached hydrogens (primary N) is 2. The second-order valence-corrected chi connectivity index (χ2v) is 17.1. The third-order valence-electron chi connectivity index (χ3n) is 11.5. The number of rotatable bonds is 28. The summed E-state index contributed by atoms with van der Waals surface area (Å²) in [6.07, 6.45) is 1.75. The Morgan fingerprint density at radius 2 is 1.15 bits per heavy atom. The zero-order valence-corrected chi connectivity index (χ0v) is 39.7. The van der Waals surface area contributed by atoms with Crippen molar-refractivity contribution in [3.63, 3.8) is 0 Å². The van der Waals surface area contributed by atoms with E-state index in [0.29, 0.717) is 23.2 Å². The molecule has 0 unspecified atom stereocenters. The number of carbonyl (C=O) groups is 10. The Morgan fingerprint density at radius 1 is 0.658 bits per heavy atom. The molecule has 17 N–H and O–H groups in total. The fourth-order valence-corrected chi connectivity index (χ4v) is 7.52. The molecule has 396 valence electrons. The van der Waals surface area contributed by atoms with Crippen LogP contribution in [-0.4, -0.2) is 180 Å². The number of aromatic hydroxyl groups is 1. The number of primary amides is 1. The molecule has 27 nitrogen and oxygen atoms in total. The number of nitrogens with one attached hydrogen (secondary N) is 8. The summed E-state index contributed by atoms with van der Waals surface area (Å²) in [4.78, 5) is 140. The highest BCUT2D eigenvalue weighted by atomic mass is 16.4. The summed E-state index contributed by atoms with van der Waals surface area (Å²) in [7, 11) is 0. The van der Waals surface area contributed by atoms with Crippen molar-refractivity contribution in [1.29, 1.82) is 0 Å². The Bertz CT molecular complexity index is 2390. The number of aliphatic hydroxyl groups is 3. The topological polar surface area (TPSA) is 440 Å². The van der Waals surface area contributed by atoms with Gasteiger partial charge in [0, 0.05) is 44.1 Å². The van der Waals surface area contributed by atoms with Crippen molar-refractivity contribution in [2.75, 3.05) is 26.4 Å². The van der Waals surface area contributed by atoms with Crippen molar-refractivity contribution < 1.29 is 73.5 Å². The number of phenolic OH excluding ortho intramolecular Hbond substituents is 1. The first-order chi connectivity index (χ1) is 34.7. The molecule has 1 saturated heterocycles. The zero-order chi connectivity index (χ0) is 53.8. The number of phenols is 1. The first kappa shape index (κ1) is 57.6. The fourth-order valence-electron chi connectivity index (χ4n) is 7.52. The van der Waals surface area contributed by atoms with Gasteiger partial charge in [-0.2, -0.15) is 0 Å². The van der Waals surface area contributed by atoms with Crippen molar-refractivity contribution in [3.8, 4) is 5.75 Å². The number of aliphatic hydroxyl groups excluding tert-OH is 3. The highest BCUT2D eigenvalue weighted by Crippen LogP contribution is 2.21. The number of nitrogens with zero attached hydrogens (tertiary/aromatic N) is 2. The average Bonchev–Trinajstić information content (AvgIpc) is 4.08. The highest BCUT2D eigenvalue weighted by molar-refractivity contribution is 5.98. The van der Waals surface area contributed by atoms with Crippen LogP contribution in [-0.2, 0) is 67.2 Å². The van der Waals surface area contributed by atoms with Crippen LogP contribution in [0.25, 0.3) is 0 Å². The van der Waals surface area contributed by atoms with E-state index < -0.39 is 133 Å². The number of hydrogen-bond acceptors (Lipinski definition) is 16. The van der Waals surface area contributed by atoms with Gasteiger partial charge in [-0.15, -0.1) is 0 Å². The predicted octanol–water partition coefficient (Wildman–Crippen LogP) is -5.80. The van der Waals surface area contributed by atoms with Crippen molar-refractivity contribution in [2.45, 2.75) is 106 Å². The zero-order valence-electron chi connectivity index (χ0n) is 39.7. The summed E-state index contributed by atoms with van der Waals surface area (Å²) in [5, 5.41) is 66.1.